The fraction of sp³-hybridized carbons (Fsp3) is 0.273. The molecule has 0 atom stereocenters. The molecule has 0 bridgehead atoms. The van der Waals surface area contributed by atoms with Gasteiger partial charge in [-0.15, -0.1) is 0 Å². The van der Waals surface area contributed by atoms with Gasteiger partial charge in [-0.25, -0.2) is 4.68 Å². The summed E-state index contributed by atoms with van der Waals surface area (Å²) in [5.74, 6) is 0.184. The normalized spacial score (nSPS) is 11.3. The van der Waals surface area contributed by atoms with Crippen LogP contribution in [0.5, 0.6) is 11.5 Å². The molecule has 0 spiro atoms. The molecule has 32 heavy (non-hydrogen) atoms. The highest BCUT2D eigenvalue weighted by Gasteiger charge is 2.41. The summed E-state index contributed by atoms with van der Waals surface area (Å²) in [6, 6.07) is 10.8. The largest absolute Gasteiger partial charge is 0.493 e. The first kappa shape index (κ1) is 23.5. The van der Waals surface area contributed by atoms with E-state index in [1.54, 1.807) is 25.1 Å². The van der Waals surface area contributed by atoms with Crippen molar-refractivity contribution in [1.82, 2.24) is 14.7 Å². The maximum atomic E-state index is 14.0. The van der Waals surface area contributed by atoms with Gasteiger partial charge in [0.2, 0.25) is 0 Å². The molecule has 1 heterocycles. The topological polar surface area (TPSA) is 56.6 Å². The number of hydrogen-bond acceptors (Lipinski definition) is 4. The fourth-order valence-electron chi connectivity index (χ4n) is 3.25. The van der Waals surface area contributed by atoms with E-state index in [1.807, 2.05) is 0 Å². The lowest BCUT2D eigenvalue weighted by molar-refractivity contribution is -0.143. The molecule has 10 heteroatoms. The van der Waals surface area contributed by atoms with Gasteiger partial charge in [0, 0.05) is 18.1 Å². The molecule has 0 saturated carbocycles. The van der Waals surface area contributed by atoms with Gasteiger partial charge in [-0.2, -0.15) is 18.3 Å². The number of aromatic nitrogens is 2. The number of hydrogen-bond donors (Lipinski definition) is 0. The molecule has 0 fully saturated rings. The highest BCUT2D eigenvalue weighted by molar-refractivity contribution is 6.30. The summed E-state index contributed by atoms with van der Waals surface area (Å²) in [6.45, 7) is 1.96. The lowest BCUT2D eigenvalue weighted by atomic mass is 10.1. The second-order valence-electron chi connectivity index (χ2n) is 6.80. The predicted octanol–water partition coefficient (Wildman–Crippen LogP) is 5.22. The lowest BCUT2D eigenvalue weighted by Gasteiger charge is -2.22. The standard InChI is InChI=1S/C22H21ClF3N3O3/c1-4-28(13-14-5-10-18(31-2)19(11-14)32-3)21(30)17-12-27-29(20(17)22(24,25)26)16-8-6-15(23)7-9-16/h5-12H,4,13H2,1-3H3. The first-order valence-electron chi connectivity index (χ1n) is 9.61. The molecule has 0 radical (unpaired) electrons. The summed E-state index contributed by atoms with van der Waals surface area (Å²) in [5, 5.41) is 4.22. The maximum absolute atomic E-state index is 14.0. The van der Waals surface area contributed by atoms with Gasteiger partial charge in [0.25, 0.3) is 5.91 Å². The molecule has 0 aliphatic heterocycles. The molecular weight excluding hydrogens is 447 g/mol. The maximum Gasteiger partial charge on any atom is 0.434 e. The second kappa shape index (κ2) is 9.52. The van der Waals surface area contributed by atoms with E-state index in [-0.39, 0.29) is 18.8 Å². The average Bonchev–Trinajstić information content (AvgIpc) is 3.23. The van der Waals surface area contributed by atoms with E-state index in [9.17, 15) is 18.0 Å². The summed E-state index contributed by atoms with van der Waals surface area (Å²) in [6.07, 6.45) is -3.86. The summed E-state index contributed by atoms with van der Waals surface area (Å²) in [4.78, 5) is 14.4. The Kier molecular flexibility index (Phi) is 6.98. The number of amides is 1. The van der Waals surface area contributed by atoms with Crippen molar-refractivity contribution in [1.29, 1.82) is 0 Å². The molecule has 0 aliphatic rings. The number of alkyl halides is 3. The molecule has 2 aromatic carbocycles. The zero-order valence-corrected chi connectivity index (χ0v) is 18.4. The minimum atomic E-state index is -4.80. The third kappa shape index (κ3) is 4.83. The molecule has 1 aromatic heterocycles. The van der Waals surface area contributed by atoms with Gasteiger partial charge in [-0.05, 0) is 48.9 Å². The van der Waals surface area contributed by atoms with E-state index in [2.05, 4.69) is 5.10 Å². The van der Waals surface area contributed by atoms with Crippen molar-refractivity contribution in [3.63, 3.8) is 0 Å². The van der Waals surface area contributed by atoms with E-state index in [0.29, 0.717) is 26.8 Å². The zero-order chi connectivity index (χ0) is 23.5. The van der Waals surface area contributed by atoms with Crippen molar-refractivity contribution >= 4 is 17.5 Å². The highest BCUT2D eigenvalue weighted by atomic mass is 35.5. The Hall–Kier alpha value is -3.20. The van der Waals surface area contributed by atoms with Gasteiger partial charge in [0.1, 0.15) is 0 Å². The number of halogens is 4. The Morgan fingerprint density at radius 1 is 1.09 bits per heavy atom. The highest BCUT2D eigenvalue weighted by Crippen LogP contribution is 2.35. The molecule has 0 N–H and O–H groups in total. The smallest absolute Gasteiger partial charge is 0.434 e. The van der Waals surface area contributed by atoms with Crippen molar-refractivity contribution in [3.8, 4) is 17.2 Å². The van der Waals surface area contributed by atoms with Gasteiger partial charge < -0.3 is 14.4 Å². The van der Waals surface area contributed by atoms with Crippen molar-refractivity contribution in [2.75, 3.05) is 20.8 Å². The number of methoxy groups -OCH3 is 2. The quantitative estimate of drug-likeness (QED) is 0.478. The summed E-state index contributed by atoms with van der Waals surface area (Å²) >= 11 is 5.83. The SMILES string of the molecule is CCN(Cc1ccc(OC)c(OC)c1)C(=O)c1cnn(-c2ccc(Cl)cc2)c1C(F)(F)F. The van der Waals surface area contributed by atoms with Crippen molar-refractivity contribution in [2.24, 2.45) is 0 Å². The molecule has 0 saturated heterocycles. The van der Waals surface area contributed by atoms with Crippen LogP contribution >= 0.6 is 11.6 Å². The molecular formula is C22H21ClF3N3O3. The van der Waals surface area contributed by atoms with Gasteiger partial charge in [0.15, 0.2) is 17.2 Å². The molecule has 0 aliphatic carbocycles. The number of carbonyl (C=O) groups is 1. The number of carbonyl (C=O) groups excluding carboxylic acids is 1. The van der Waals surface area contributed by atoms with Crippen LogP contribution < -0.4 is 9.47 Å². The van der Waals surface area contributed by atoms with E-state index < -0.39 is 23.3 Å². The van der Waals surface area contributed by atoms with Crippen LogP contribution in [0.1, 0.15) is 28.5 Å². The third-order valence-corrected chi connectivity index (χ3v) is 5.08. The Morgan fingerprint density at radius 3 is 2.31 bits per heavy atom. The van der Waals surface area contributed by atoms with Gasteiger partial charge in [-0.3, -0.25) is 4.79 Å². The van der Waals surface area contributed by atoms with Gasteiger partial charge >= 0.3 is 6.18 Å². The van der Waals surface area contributed by atoms with E-state index in [1.165, 1.54) is 43.4 Å². The van der Waals surface area contributed by atoms with Crippen LogP contribution in [0.2, 0.25) is 5.02 Å². The van der Waals surface area contributed by atoms with Gasteiger partial charge in [-0.1, -0.05) is 17.7 Å². The van der Waals surface area contributed by atoms with E-state index >= 15 is 0 Å². The van der Waals surface area contributed by atoms with Crippen LogP contribution in [0, 0.1) is 0 Å². The summed E-state index contributed by atoms with van der Waals surface area (Å²) < 4.78 is 53.0. The Bertz CT molecular complexity index is 1100. The second-order valence-corrected chi connectivity index (χ2v) is 7.24. The average molecular weight is 468 g/mol. The van der Waals surface area contributed by atoms with Crippen LogP contribution in [0.4, 0.5) is 13.2 Å². The lowest BCUT2D eigenvalue weighted by Crippen LogP contribution is -2.32. The Morgan fingerprint density at radius 2 is 1.75 bits per heavy atom. The number of nitrogens with zero attached hydrogens (tertiary/aromatic N) is 3. The molecule has 170 valence electrons. The monoisotopic (exact) mass is 467 g/mol. The van der Waals surface area contributed by atoms with Crippen molar-refractivity contribution in [3.05, 3.63) is 70.5 Å². The molecule has 6 nitrogen and oxygen atoms in total. The van der Waals surface area contributed by atoms with Crippen LogP contribution in [0.3, 0.4) is 0 Å². The molecule has 3 rings (SSSR count). The Balaban J connectivity index is 1.97. The third-order valence-electron chi connectivity index (χ3n) is 4.83. The van der Waals surface area contributed by atoms with Crippen molar-refractivity contribution in [2.45, 2.75) is 19.6 Å². The first-order chi connectivity index (χ1) is 15.2. The minimum absolute atomic E-state index is 0.0825. The van der Waals surface area contributed by atoms with Crippen LogP contribution in [0.15, 0.2) is 48.7 Å². The van der Waals surface area contributed by atoms with Crippen molar-refractivity contribution < 1.29 is 27.4 Å². The fourth-order valence-corrected chi connectivity index (χ4v) is 3.38. The van der Waals surface area contributed by atoms with E-state index in [0.717, 1.165) is 6.20 Å². The Labute approximate surface area is 188 Å². The predicted molar refractivity (Wildman–Crippen MR) is 114 cm³/mol. The van der Waals surface area contributed by atoms with Crippen LogP contribution in [-0.2, 0) is 12.7 Å². The van der Waals surface area contributed by atoms with E-state index in [4.69, 9.17) is 21.1 Å². The van der Waals surface area contributed by atoms with Crippen LogP contribution in [-0.4, -0.2) is 41.4 Å². The zero-order valence-electron chi connectivity index (χ0n) is 17.6. The molecule has 0 unspecified atom stereocenters. The molecule has 1 amide bonds. The number of benzene rings is 2. The summed E-state index contributed by atoms with van der Waals surface area (Å²) in [5.41, 5.74) is -0.856. The molecule has 3 aromatic rings. The van der Waals surface area contributed by atoms with Crippen LogP contribution in [0.25, 0.3) is 5.69 Å². The minimum Gasteiger partial charge on any atom is -0.493 e. The summed E-state index contributed by atoms with van der Waals surface area (Å²) in [7, 11) is 2.97. The number of ether oxygens (including phenoxy) is 2. The first-order valence-corrected chi connectivity index (χ1v) is 9.98. The number of rotatable bonds is 7. The van der Waals surface area contributed by atoms with Gasteiger partial charge in [0.05, 0.1) is 31.7 Å².